The number of hydrogen-bond acceptors (Lipinski definition) is 4. The molecule has 1 aliphatic carbocycles. The lowest BCUT2D eigenvalue weighted by Gasteiger charge is -2.34. The van der Waals surface area contributed by atoms with Crippen molar-refractivity contribution in [1.29, 1.82) is 0 Å². The highest BCUT2D eigenvalue weighted by molar-refractivity contribution is 5.79. The number of nitrogens with zero attached hydrogens (tertiary/aromatic N) is 2. The van der Waals surface area contributed by atoms with Crippen molar-refractivity contribution in [3.05, 3.63) is 28.8 Å². The van der Waals surface area contributed by atoms with Gasteiger partial charge in [0, 0.05) is 38.6 Å². The number of hydrogen-bond donors (Lipinski definition) is 2. The van der Waals surface area contributed by atoms with E-state index >= 15 is 0 Å². The molecule has 2 aliphatic rings. The van der Waals surface area contributed by atoms with Crippen LogP contribution in [-0.2, 0) is 26.8 Å². The van der Waals surface area contributed by atoms with E-state index in [0.717, 1.165) is 42.6 Å². The molecule has 1 saturated carbocycles. The summed E-state index contributed by atoms with van der Waals surface area (Å²) < 4.78 is 0. The minimum Gasteiger partial charge on any atom is -0.507 e. The van der Waals surface area contributed by atoms with E-state index in [4.69, 9.17) is 0 Å². The van der Waals surface area contributed by atoms with Crippen molar-refractivity contribution in [2.45, 2.75) is 84.1 Å². The van der Waals surface area contributed by atoms with Crippen LogP contribution in [0.25, 0.3) is 0 Å². The van der Waals surface area contributed by atoms with Gasteiger partial charge in [-0.25, -0.2) is 0 Å². The molecule has 2 N–H and O–H groups in total. The molecule has 1 aromatic carbocycles. The summed E-state index contributed by atoms with van der Waals surface area (Å²) in [6.07, 6.45) is 3.32. The highest BCUT2D eigenvalue weighted by Gasteiger charge is 2.28. The number of nitrogens with one attached hydrogen (secondary N) is 1. The topological polar surface area (TPSA) is 72.9 Å². The fourth-order valence-corrected chi connectivity index (χ4v) is 4.25. The molecule has 0 unspecified atom stereocenters. The summed E-state index contributed by atoms with van der Waals surface area (Å²) in [4.78, 5) is 28.9. The number of piperazine rings is 1. The van der Waals surface area contributed by atoms with Gasteiger partial charge < -0.3 is 15.3 Å². The Hall–Kier alpha value is -2.08. The van der Waals surface area contributed by atoms with Gasteiger partial charge in [0.15, 0.2) is 0 Å². The SMILES string of the molecule is CC(C)(C)c1cc(CCC(=O)N2CCN(CC(=O)NC3CC3)CC2)cc(C(C)(C)C)c1O. The maximum absolute atomic E-state index is 12.9. The van der Waals surface area contributed by atoms with Crippen LogP contribution < -0.4 is 5.32 Å². The fraction of sp³-hybridized carbons (Fsp3) is 0.692. The van der Waals surface area contributed by atoms with Gasteiger partial charge in [0.1, 0.15) is 5.75 Å². The Labute approximate surface area is 193 Å². The summed E-state index contributed by atoms with van der Waals surface area (Å²) >= 11 is 0. The molecule has 0 aromatic heterocycles. The summed E-state index contributed by atoms with van der Waals surface area (Å²) in [6.45, 7) is 15.9. The number of benzene rings is 1. The van der Waals surface area contributed by atoms with Crippen LogP contribution in [0.1, 0.15) is 77.5 Å². The Morgan fingerprint density at radius 3 is 1.97 bits per heavy atom. The van der Waals surface area contributed by atoms with Crippen LogP contribution in [0.5, 0.6) is 5.75 Å². The van der Waals surface area contributed by atoms with Crippen molar-refractivity contribution in [2.75, 3.05) is 32.7 Å². The van der Waals surface area contributed by atoms with Gasteiger partial charge in [0.05, 0.1) is 6.54 Å². The number of aryl methyl sites for hydroxylation is 1. The van der Waals surface area contributed by atoms with Gasteiger partial charge >= 0.3 is 0 Å². The van der Waals surface area contributed by atoms with E-state index in [1.807, 2.05) is 4.90 Å². The molecular formula is C26H41N3O3. The zero-order chi connectivity index (χ0) is 23.7. The summed E-state index contributed by atoms with van der Waals surface area (Å²) in [5.41, 5.74) is 2.62. The molecule has 6 heteroatoms. The minimum absolute atomic E-state index is 0.101. The summed E-state index contributed by atoms with van der Waals surface area (Å²) in [5.74, 6) is 0.639. The van der Waals surface area contributed by atoms with Crippen LogP contribution in [0.4, 0.5) is 0 Å². The molecule has 0 radical (unpaired) electrons. The van der Waals surface area contributed by atoms with Gasteiger partial charge in [-0.15, -0.1) is 0 Å². The minimum atomic E-state index is -0.174. The Morgan fingerprint density at radius 2 is 1.50 bits per heavy atom. The lowest BCUT2D eigenvalue weighted by molar-refractivity contribution is -0.133. The highest BCUT2D eigenvalue weighted by Crippen LogP contribution is 2.40. The number of phenols is 1. The lowest BCUT2D eigenvalue weighted by Crippen LogP contribution is -2.51. The molecule has 3 rings (SSSR count). The first-order valence-corrected chi connectivity index (χ1v) is 12.0. The predicted octanol–water partition coefficient (Wildman–Crippen LogP) is 3.34. The number of carbonyl (C=O) groups excluding carboxylic acids is 2. The third kappa shape index (κ3) is 6.47. The van der Waals surface area contributed by atoms with Crippen LogP contribution in [0.15, 0.2) is 12.1 Å². The molecule has 1 heterocycles. The van der Waals surface area contributed by atoms with E-state index in [1.54, 1.807) is 0 Å². The molecule has 6 nitrogen and oxygen atoms in total. The van der Waals surface area contributed by atoms with Crippen LogP contribution in [0.3, 0.4) is 0 Å². The molecule has 178 valence electrons. The van der Waals surface area contributed by atoms with Gasteiger partial charge in [0.2, 0.25) is 11.8 Å². The molecular weight excluding hydrogens is 402 g/mol. The summed E-state index contributed by atoms with van der Waals surface area (Å²) in [7, 11) is 0. The summed E-state index contributed by atoms with van der Waals surface area (Å²) in [5, 5.41) is 13.9. The fourth-order valence-electron chi connectivity index (χ4n) is 4.25. The number of phenolic OH excluding ortho intramolecular Hbond substituents is 1. The first-order valence-electron chi connectivity index (χ1n) is 12.0. The van der Waals surface area contributed by atoms with Crippen LogP contribution in [-0.4, -0.2) is 65.5 Å². The second-order valence-electron chi connectivity index (χ2n) is 11.5. The van der Waals surface area contributed by atoms with E-state index in [-0.39, 0.29) is 22.6 Å². The number of aromatic hydroxyl groups is 1. The standard InChI is InChI=1S/C26H41N3O3/c1-25(2,3)20-15-18(16-21(24(20)32)26(4,5)6)7-10-23(31)29-13-11-28(12-14-29)17-22(30)27-19-8-9-19/h15-16,19,32H,7-14,17H2,1-6H3,(H,27,30). The summed E-state index contributed by atoms with van der Waals surface area (Å²) in [6, 6.07) is 4.52. The van der Waals surface area contributed by atoms with Gasteiger partial charge in [-0.3, -0.25) is 14.5 Å². The van der Waals surface area contributed by atoms with Crippen molar-refractivity contribution >= 4 is 11.8 Å². The van der Waals surface area contributed by atoms with Crippen LogP contribution >= 0.6 is 0 Å². The van der Waals surface area contributed by atoms with Gasteiger partial charge in [-0.1, -0.05) is 53.7 Å². The predicted molar refractivity (Wildman–Crippen MR) is 128 cm³/mol. The van der Waals surface area contributed by atoms with Crippen molar-refractivity contribution in [2.24, 2.45) is 0 Å². The molecule has 0 bridgehead atoms. The first kappa shape index (κ1) is 24.6. The third-order valence-corrected chi connectivity index (χ3v) is 6.45. The van der Waals surface area contributed by atoms with Gasteiger partial charge in [-0.05, 0) is 46.8 Å². The molecule has 1 saturated heterocycles. The molecule has 0 atom stereocenters. The van der Waals surface area contributed by atoms with Crippen molar-refractivity contribution in [3.8, 4) is 5.75 Å². The number of amides is 2. The van der Waals surface area contributed by atoms with Crippen molar-refractivity contribution in [1.82, 2.24) is 15.1 Å². The number of rotatable bonds is 6. The third-order valence-electron chi connectivity index (χ3n) is 6.45. The van der Waals surface area contributed by atoms with Crippen LogP contribution in [0, 0.1) is 0 Å². The zero-order valence-electron chi connectivity index (χ0n) is 20.8. The maximum atomic E-state index is 12.9. The Bertz CT molecular complexity index is 804. The highest BCUT2D eigenvalue weighted by atomic mass is 16.3. The second kappa shape index (κ2) is 9.42. The molecule has 2 amide bonds. The van der Waals surface area contributed by atoms with E-state index in [2.05, 4.69) is 63.9 Å². The lowest BCUT2D eigenvalue weighted by atomic mass is 9.78. The van der Waals surface area contributed by atoms with Crippen molar-refractivity contribution in [3.63, 3.8) is 0 Å². The second-order valence-corrected chi connectivity index (χ2v) is 11.5. The van der Waals surface area contributed by atoms with E-state index in [9.17, 15) is 14.7 Å². The zero-order valence-corrected chi connectivity index (χ0v) is 20.8. The Balaban J connectivity index is 1.57. The molecule has 1 aromatic rings. The average molecular weight is 444 g/mol. The van der Waals surface area contributed by atoms with E-state index in [0.29, 0.717) is 44.3 Å². The number of carbonyl (C=O) groups is 2. The van der Waals surface area contributed by atoms with Crippen molar-refractivity contribution < 1.29 is 14.7 Å². The Morgan fingerprint density at radius 1 is 0.969 bits per heavy atom. The quantitative estimate of drug-likeness (QED) is 0.707. The normalized spacial score (nSPS) is 18.0. The van der Waals surface area contributed by atoms with E-state index < -0.39 is 0 Å². The smallest absolute Gasteiger partial charge is 0.234 e. The van der Waals surface area contributed by atoms with Gasteiger partial charge in [0.25, 0.3) is 0 Å². The first-order chi connectivity index (χ1) is 14.8. The van der Waals surface area contributed by atoms with E-state index in [1.165, 1.54) is 0 Å². The largest absolute Gasteiger partial charge is 0.507 e. The Kier molecular flexibility index (Phi) is 7.23. The monoisotopic (exact) mass is 443 g/mol. The molecule has 32 heavy (non-hydrogen) atoms. The van der Waals surface area contributed by atoms with Crippen LogP contribution in [0.2, 0.25) is 0 Å². The molecule has 0 spiro atoms. The maximum Gasteiger partial charge on any atom is 0.234 e. The molecule has 1 aliphatic heterocycles. The molecule has 2 fully saturated rings. The average Bonchev–Trinajstić information content (AvgIpc) is 3.49. The van der Waals surface area contributed by atoms with Gasteiger partial charge in [-0.2, -0.15) is 0 Å².